The molecule has 5 nitrogen and oxygen atoms in total. The van der Waals surface area contributed by atoms with Gasteiger partial charge >= 0.3 is 0 Å². The Labute approximate surface area is 146 Å². The molecule has 0 N–H and O–H groups in total. The highest BCUT2D eigenvalue weighted by Crippen LogP contribution is 2.34. The number of hydrogen-bond acceptors (Lipinski definition) is 3. The molecule has 1 aliphatic rings. The summed E-state index contributed by atoms with van der Waals surface area (Å²) in [5, 5.41) is 4.93. The van der Waals surface area contributed by atoms with Crippen LogP contribution in [0.5, 0.6) is 0 Å². The SMILES string of the molecule is CC1c2oc(Br)cc2CCN1C(=O)c1cc2ccc(Cl)cn2n1. The number of rotatable bonds is 1. The lowest BCUT2D eigenvalue weighted by atomic mass is 10.0. The quantitative estimate of drug-likeness (QED) is 0.624. The van der Waals surface area contributed by atoms with Crippen molar-refractivity contribution in [1.82, 2.24) is 14.5 Å². The standard InChI is InChI=1S/C16H13BrClN3O2/c1-9-15-10(6-14(17)23-15)4-5-20(9)16(22)13-7-12-3-2-11(18)8-21(12)19-13/h2-3,6-9H,4-5H2,1H3. The number of carbonyl (C=O) groups is 1. The number of hydrogen-bond donors (Lipinski definition) is 0. The van der Waals surface area contributed by atoms with Gasteiger partial charge in [0.25, 0.3) is 5.91 Å². The minimum Gasteiger partial charge on any atom is -0.452 e. The zero-order valence-electron chi connectivity index (χ0n) is 12.3. The molecule has 4 rings (SSSR count). The predicted molar refractivity (Wildman–Crippen MR) is 89.8 cm³/mol. The minimum atomic E-state index is -0.119. The number of furan rings is 1. The molecule has 1 atom stereocenters. The molecule has 0 radical (unpaired) electrons. The molecule has 0 aliphatic carbocycles. The monoisotopic (exact) mass is 393 g/mol. The van der Waals surface area contributed by atoms with Crippen molar-refractivity contribution in [2.45, 2.75) is 19.4 Å². The molecule has 0 saturated carbocycles. The number of amides is 1. The number of fused-ring (bicyclic) bond motifs is 2. The fourth-order valence-electron chi connectivity index (χ4n) is 3.02. The Balaban J connectivity index is 1.68. The zero-order chi connectivity index (χ0) is 16.1. The van der Waals surface area contributed by atoms with E-state index in [0.29, 0.717) is 21.9 Å². The molecule has 0 spiro atoms. The third kappa shape index (κ3) is 2.46. The van der Waals surface area contributed by atoms with Gasteiger partial charge in [-0.2, -0.15) is 5.10 Å². The Morgan fingerprint density at radius 2 is 2.26 bits per heavy atom. The van der Waals surface area contributed by atoms with Crippen LogP contribution < -0.4 is 0 Å². The number of pyridine rings is 1. The molecule has 1 aliphatic heterocycles. The second kappa shape index (κ2) is 5.39. The summed E-state index contributed by atoms with van der Waals surface area (Å²) in [5.41, 5.74) is 2.40. The van der Waals surface area contributed by atoms with E-state index in [1.807, 2.05) is 19.1 Å². The number of nitrogens with zero attached hydrogens (tertiary/aromatic N) is 3. The van der Waals surface area contributed by atoms with E-state index in [1.165, 1.54) is 0 Å². The molecule has 7 heteroatoms. The summed E-state index contributed by atoms with van der Waals surface area (Å²) < 4.78 is 8.01. The van der Waals surface area contributed by atoms with E-state index >= 15 is 0 Å². The second-order valence-electron chi connectivity index (χ2n) is 5.61. The summed E-state index contributed by atoms with van der Waals surface area (Å²) in [6.45, 7) is 2.62. The van der Waals surface area contributed by atoms with Crippen molar-refractivity contribution in [3.63, 3.8) is 0 Å². The molecule has 0 fully saturated rings. The normalized spacial score (nSPS) is 17.5. The maximum atomic E-state index is 12.8. The summed E-state index contributed by atoms with van der Waals surface area (Å²) in [6.07, 6.45) is 2.47. The lowest BCUT2D eigenvalue weighted by Crippen LogP contribution is -2.38. The maximum Gasteiger partial charge on any atom is 0.275 e. The van der Waals surface area contributed by atoms with Crippen molar-refractivity contribution in [2.24, 2.45) is 0 Å². The topological polar surface area (TPSA) is 50.8 Å². The molecule has 3 aromatic rings. The van der Waals surface area contributed by atoms with Crippen LogP contribution in [0.2, 0.25) is 5.02 Å². The second-order valence-corrected chi connectivity index (χ2v) is 6.83. The van der Waals surface area contributed by atoms with Crippen LogP contribution in [0.1, 0.15) is 34.8 Å². The molecule has 0 aromatic carbocycles. The van der Waals surface area contributed by atoms with Crippen LogP contribution in [0.4, 0.5) is 0 Å². The van der Waals surface area contributed by atoms with Gasteiger partial charge in [0.15, 0.2) is 10.4 Å². The molecule has 3 aromatic heterocycles. The van der Waals surface area contributed by atoms with Crippen molar-refractivity contribution in [3.05, 3.63) is 57.2 Å². The third-order valence-electron chi connectivity index (χ3n) is 4.18. The summed E-state index contributed by atoms with van der Waals surface area (Å²) in [7, 11) is 0. The maximum absolute atomic E-state index is 12.8. The number of carbonyl (C=O) groups excluding carboxylic acids is 1. The van der Waals surface area contributed by atoms with Crippen LogP contribution >= 0.6 is 27.5 Å². The van der Waals surface area contributed by atoms with E-state index in [4.69, 9.17) is 16.0 Å². The smallest absolute Gasteiger partial charge is 0.275 e. The van der Waals surface area contributed by atoms with Crippen molar-refractivity contribution in [3.8, 4) is 0 Å². The van der Waals surface area contributed by atoms with Crippen molar-refractivity contribution >= 4 is 39.0 Å². The van der Waals surface area contributed by atoms with E-state index in [-0.39, 0.29) is 11.9 Å². The molecular weight excluding hydrogens is 382 g/mol. The van der Waals surface area contributed by atoms with E-state index in [1.54, 1.807) is 27.7 Å². The average molecular weight is 395 g/mol. The van der Waals surface area contributed by atoms with Crippen LogP contribution in [0, 0.1) is 0 Å². The van der Waals surface area contributed by atoms with Gasteiger partial charge in [0.1, 0.15) is 5.76 Å². The zero-order valence-corrected chi connectivity index (χ0v) is 14.6. The van der Waals surface area contributed by atoms with Gasteiger partial charge in [-0.25, -0.2) is 4.52 Å². The van der Waals surface area contributed by atoms with Crippen LogP contribution in [0.15, 0.2) is 39.5 Å². The summed E-state index contributed by atoms with van der Waals surface area (Å²) >= 11 is 9.32. The minimum absolute atomic E-state index is 0.101. The van der Waals surface area contributed by atoms with Gasteiger partial charge in [-0.15, -0.1) is 0 Å². The largest absolute Gasteiger partial charge is 0.452 e. The first kappa shape index (κ1) is 14.8. The van der Waals surface area contributed by atoms with Gasteiger partial charge in [0, 0.05) is 12.7 Å². The fourth-order valence-corrected chi connectivity index (χ4v) is 3.63. The van der Waals surface area contributed by atoms with Gasteiger partial charge < -0.3 is 9.32 Å². The fraction of sp³-hybridized carbons (Fsp3) is 0.250. The Morgan fingerprint density at radius 1 is 1.43 bits per heavy atom. The Hall–Kier alpha value is -1.79. The lowest BCUT2D eigenvalue weighted by Gasteiger charge is -2.31. The molecule has 1 unspecified atom stereocenters. The highest BCUT2D eigenvalue weighted by atomic mass is 79.9. The van der Waals surface area contributed by atoms with E-state index in [2.05, 4.69) is 21.0 Å². The first-order chi connectivity index (χ1) is 11.0. The Kier molecular flexibility index (Phi) is 3.46. The van der Waals surface area contributed by atoms with Crippen LogP contribution in [-0.2, 0) is 6.42 Å². The summed E-state index contributed by atoms with van der Waals surface area (Å²) in [4.78, 5) is 14.6. The van der Waals surface area contributed by atoms with Crippen molar-refractivity contribution in [2.75, 3.05) is 6.54 Å². The van der Waals surface area contributed by atoms with Crippen molar-refractivity contribution in [1.29, 1.82) is 0 Å². The van der Waals surface area contributed by atoms with Crippen LogP contribution in [0.25, 0.3) is 5.52 Å². The van der Waals surface area contributed by atoms with Crippen molar-refractivity contribution < 1.29 is 9.21 Å². The average Bonchev–Trinajstić information content (AvgIpc) is 3.09. The molecule has 118 valence electrons. The summed E-state index contributed by atoms with van der Waals surface area (Å²) in [5.74, 6) is 0.735. The first-order valence-corrected chi connectivity index (χ1v) is 8.44. The number of halogens is 2. The first-order valence-electron chi connectivity index (χ1n) is 7.27. The van der Waals surface area contributed by atoms with Gasteiger partial charge in [-0.1, -0.05) is 11.6 Å². The van der Waals surface area contributed by atoms with E-state index < -0.39 is 0 Å². The van der Waals surface area contributed by atoms with Gasteiger partial charge in [-0.3, -0.25) is 4.79 Å². The van der Waals surface area contributed by atoms with Gasteiger partial charge in [0.2, 0.25) is 0 Å². The predicted octanol–water partition coefficient (Wildman–Crippen LogP) is 4.10. The Morgan fingerprint density at radius 3 is 3.09 bits per heavy atom. The molecule has 4 heterocycles. The van der Waals surface area contributed by atoms with E-state index in [9.17, 15) is 4.79 Å². The lowest BCUT2D eigenvalue weighted by molar-refractivity contribution is 0.0645. The molecular formula is C16H13BrClN3O2. The molecule has 23 heavy (non-hydrogen) atoms. The Bertz CT molecular complexity index is 917. The van der Waals surface area contributed by atoms with Crippen LogP contribution in [0.3, 0.4) is 0 Å². The molecule has 1 amide bonds. The number of aromatic nitrogens is 2. The molecule has 0 saturated heterocycles. The van der Waals surface area contributed by atoms with Crippen LogP contribution in [-0.4, -0.2) is 27.0 Å². The highest BCUT2D eigenvalue weighted by Gasteiger charge is 2.32. The third-order valence-corrected chi connectivity index (χ3v) is 4.80. The van der Waals surface area contributed by atoms with Gasteiger partial charge in [0.05, 0.1) is 16.6 Å². The molecule has 0 bridgehead atoms. The van der Waals surface area contributed by atoms with E-state index in [0.717, 1.165) is 23.3 Å². The summed E-state index contributed by atoms with van der Waals surface area (Å²) in [6, 6.07) is 7.25. The van der Waals surface area contributed by atoms with Gasteiger partial charge in [-0.05, 0) is 59.1 Å². The highest BCUT2D eigenvalue weighted by molar-refractivity contribution is 9.10.